The highest BCUT2D eigenvalue weighted by Crippen LogP contribution is 2.22. The summed E-state index contributed by atoms with van der Waals surface area (Å²) in [5, 5.41) is 2.86. The molecular formula is C14H22N4O2. The first-order valence-corrected chi connectivity index (χ1v) is 7.09. The van der Waals surface area contributed by atoms with Crippen LogP contribution in [0.5, 0.6) is 0 Å². The number of aromatic nitrogens is 2. The van der Waals surface area contributed by atoms with Gasteiger partial charge in [0.25, 0.3) is 0 Å². The normalized spacial score (nSPS) is 18.2. The van der Waals surface area contributed by atoms with Gasteiger partial charge in [-0.3, -0.25) is 9.59 Å². The molecule has 2 amide bonds. The van der Waals surface area contributed by atoms with Gasteiger partial charge in [0.1, 0.15) is 11.4 Å². The molecule has 0 bridgehead atoms. The highest BCUT2D eigenvalue weighted by molar-refractivity contribution is 5.97. The largest absolute Gasteiger partial charge is 0.340 e. The molecule has 2 rings (SSSR count). The van der Waals surface area contributed by atoms with E-state index in [1.807, 2.05) is 31.7 Å². The Kier molecular flexibility index (Phi) is 4.11. The summed E-state index contributed by atoms with van der Waals surface area (Å²) in [6.45, 7) is 4.54. The fourth-order valence-electron chi connectivity index (χ4n) is 2.69. The zero-order chi connectivity index (χ0) is 14.8. The smallest absolute Gasteiger partial charge is 0.248 e. The summed E-state index contributed by atoms with van der Waals surface area (Å²) in [6, 6.07) is 0. The Bertz CT molecular complexity index is 505. The molecule has 20 heavy (non-hydrogen) atoms. The third-order valence-corrected chi connectivity index (χ3v) is 4.14. The number of imidazole rings is 1. The van der Waals surface area contributed by atoms with Crippen LogP contribution in [-0.4, -0.2) is 44.9 Å². The fraction of sp³-hybridized carbons (Fsp3) is 0.643. The summed E-state index contributed by atoms with van der Waals surface area (Å²) in [5.74, 6) is 0.867. The number of rotatable bonds is 5. The van der Waals surface area contributed by atoms with Gasteiger partial charge in [0, 0.05) is 32.4 Å². The van der Waals surface area contributed by atoms with Crippen LogP contribution < -0.4 is 5.32 Å². The molecule has 0 aliphatic carbocycles. The average Bonchev–Trinajstić information content (AvgIpc) is 2.85. The standard InChI is InChI=1S/C14H22N4O2/c1-4-14(5-2)13(20)18(10-12(19)16-14)8-6-11-15-7-9-17(11)3/h7,9H,4-6,8,10H2,1-3H3,(H,16,19). The van der Waals surface area contributed by atoms with Crippen molar-refractivity contribution in [3.05, 3.63) is 18.2 Å². The van der Waals surface area contributed by atoms with Crippen molar-refractivity contribution in [3.63, 3.8) is 0 Å². The van der Waals surface area contributed by atoms with E-state index >= 15 is 0 Å². The third-order valence-electron chi connectivity index (χ3n) is 4.14. The minimum atomic E-state index is -0.725. The number of amides is 2. The molecule has 6 heteroatoms. The van der Waals surface area contributed by atoms with Crippen LogP contribution in [0.25, 0.3) is 0 Å². The number of hydrogen-bond donors (Lipinski definition) is 1. The SMILES string of the molecule is CCC1(CC)NC(=O)CN(CCc2nccn2C)C1=O. The number of aryl methyl sites for hydroxylation is 1. The summed E-state index contributed by atoms with van der Waals surface area (Å²) in [5.41, 5.74) is -0.725. The van der Waals surface area contributed by atoms with Gasteiger partial charge in [0.2, 0.25) is 11.8 Å². The molecule has 1 saturated heterocycles. The molecule has 1 fully saturated rings. The molecule has 1 aromatic rings. The molecule has 110 valence electrons. The van der Waals surface area contributed by atoms with Gasteiger partial charge >= 0.3 is 0 Å². The lowest BCUT2D eigenvalue weighted by atomic mass is 9.89. The maximum Gasteiger partial charge on any atom is 0.248 e. The molecule has 0 unspecified atom stereocenters. The maximum absolute atomic E-state index is 12.6. The number of nitrogens with zero attached hydrogens (tertiary/aromatic N) is 3. The van der Waals surface area contributed by atoms with E-state index in [0.717, 1.165) is 5.82 Å². The second kappa shape index (κ2) is 5.64. The third kappa shape index (κ3) is 2.55. The summed E-state index contributed by atoms with van der Waals surface area (Å²) in [7, 11) is 1.93. The Labute approximate surface area is 119 Å². The zero-order valence-corrected chi connectivity index (χ0v) is 12.3. The number of nitrogens with one attached hydrogen (secondary N) is 1. The molecule has 1 aromatic heterocycles. The Morgan fingerprint density at radius 2 is 2.05 bits per heavy atom. The van der Waals surface area contributed by atoms with E-state index in [2.05, 4.69) is 10.3 Å². The number of piperazine rings is 1. The van der Waals surface area contributed by atoms with E-state index in [0.29, 0.717) is 25.8 Å². The van der Waals surface area contributed by atoms with Crippen LogP contribution in [0.3, 0.4) is 0 Å². The van der Waals surface area contributed by atoms with Crippen molar-refractivity contribution < 1.29 is 9.59 Å². The lowest BCUT2D eigenvalue weighted by Crippen LogP contribution is -2.66. The number of carbonyl (C=O) groups is 2. The summed E-state index contributed by atoms with van der Waals surface area (Å²) in [6.07, 6.45) is 5.51. The first kappa shape index (κ1) is 14.6. The lowest BCUT2D eigenvalue weighted by molar-refractivity contribution is -0.150. The molecule has 0 saturated carbocycles. The summed E-state index contributed by atoms with van der Waals surface area (Å²) >= 11 is 0. The topological polar surface area (TPSA) is 67.2 Å². The molecular weight excluding hydrogens is 256 g/mol. The number of hydrogen-bond acceptors (Lipinski definition) is 3. The molecule has 1 aliphatic heterocycles. The van der Waals surface area contributed by atoms with Crippen LogP contribution >= 0.6 is 0 Å². The van der Waals surface area contributed by atoms with E-state index in [4.69, 9.17) is 0 Å². The highest BCUT2D eigenvalue weighted by atomic mass is 16.2. The Hall–Kier alpha value is -1.85. The van der Waals surface area contributed by atoms with Crippen molar-refractivity contribution in [2.75, 3.05) is 13.1 Å². The van der Waals surface area contributed by atoms with E-state index in [1.165, 1.54) is 0 Å². The minimum absolute atomic E-state index is 0.0244. The fourth-order valence-corrected chi connectivity index (χ4v) is 2.69. The number of carbonyl (C=O) groups excluding carboxylic acids is 2. The van der Waals surface area contributed by atoms with E-state index in [1.54, 1.807) is 11.1 Å². The predicted octanol–water partition coefficient (Wildman–Crippen LogP) is 0.480. The first-order chi connectivity index (χ1) is 9.52. The Morgan fingerprint density at radius 3 is 2.60 bits per heavy atom. The maximum atomic E-state index is 12.6. The van der Waals surface area contributed by atoms with Gasteiger partial charge in [0.05, 0.1) is 6.54 Å². The van der Waals surface area contributed by atoms with Crippen LogP contribution in [0.15, 0.2) is 12.4 Å². The van der Waals surface area contributed by atoms with Gasteiger partial charge in [-0.1, -0.05) is 13.8 Å². The van der Waals surface area contributed by atoms with Crippen molar-refractivity contribution >= 4 is 11.8 Å². The van der Waals surface area contributed by atoms with Crippen molar-refractivity contribution in [3.8, 4) is 0 Å². The van der Waals surface area contributed by atoms with Gasteiger partial charge in [-0.2, -0.15) is 0 Å². The van der Waals surface area contributed by atoms with E-state index in [-0.39, 0.29) is 18.4 Å². The molecule has 0 atom stereocenters. The second-order valence-corrected chi connectivity index (χ2v) is 5.27. The zero-order valence-electron chi connectivity index (χ0n) is 12.3. The lowest BCUT2D eigenvalue weighted by Gasteiger charge is -2.41. The molecule has 1 aliphatic rings. The average molecular weight is 278 g/mol. The van der Waals surface area contributed by atoms with Crippen LogP contribution in [0.2, 0.25) is 0 Å². The van der Waals surface area contributed by atoms with Gasteiger partial charge in [0.15, 0.2) is 0 Å². The minimum Gasteiger partial charge on any atom is -0.340 e. The molecule has 2 heterocycles. The second-order valence-electron chi connectivity index (χ2n) is 5.27. The predicted molar refractivity (Wildman–Crippen MR) is 74.9 cm³/mol. The molecule has 0 aromatic carbocycles. The monoisotopic (exact) mass is 278 g/mol. The first-order valence-electron chi connectivity index (χ1n) is 7.09. The van der Waals surface area contributed by atoms with Crippen LogP contribution in [-0.2, 0) is 23.1 Å². The summed E-state index contributed by atoms with van der Waals surface area (Å²) < 4.78 is 1.93. The van der Waals surface area contributed by atoms with Crippen LogP contribution in [0.4, 0.5) is 0 Å². The van der Waals surface area contributed by atoms with Crippen LogP contribution in [0, 0.1) is 0 Å². The van der Waals surface area contributed by atoms with Crippen LogP contribution in [0.1, 0.15) is 32.5 Å². The summed E-state index contributed by atoms with van der Waals surface area (Å²) in [4.78, 5) is 30.3. The van der Waals surface area contributed by atoms with Crippen molar-refractivity contribution in [2.45, 2.75) is 38.6 Å². The molecule has 0 radical (unpaired) electrons. The van der Waals surface area contributed by atoms with Gasteiger partial charge in [-0.05, 0) is 12.8 Å². The molecule has 0 spiro atoms. The molecule has 6 nitrogen and oxygen atoms in total. The van der Waals surface area contributed by atoms with E-state index < -0.39 is 5.54 Å². The van der Waals surface area contributed by atoms with Gasteiger partial charge in [-0.25, -0.2) is 4.98 Å². The Morgan fingerprint density at radius 1 is 1.35 bits per heavy atom. The van der Waals surface area contributed by atoms with Crippen molar-refractivity contribution in [1.82, 2.24) is 19.8 Å². The quantitative estimate of drug-likeness (QED) is 0.852. The van der Waals surface area contributed by atoms with Crippen molar-refractivity contribution in [2.24, 2.45) is 7.05 Å². The van der Waals surface area contributed by atoms with Crippen molar-refractivity contribution in [1.29, 1.82) is 0 Å². The highest BCUT2D eigenvalue weighted by Gasteiger charge is 2.43. The van der Waals surface area contributed by atoms with Gasteiger partial charge < -0.3 is 14.8 Å². The van der Waals surface area contributed by atoms with E-state index in [9.17, 15) is 9.59 Å². The van der Waals surface area contributed by atoms with Gasteiger partial charge in [-0.15, -0.1) is 0 Å². The molecule has 1 N–H and O–H groups in total. The Balaban J connectivity index is 2.09.